The Hall–Kier alpha value is -2.25. The third kappa shape index (κ3) is 2.01. The average Bonchev–Trinajstić information content (AvgIpc) is 3.22. The number of amides is 2. The van der Waals surface area contributed by atoms with Crippen molar-refractivity contribution in [2.75, 3.05) is 24.1 Å². The minimum Gasteiger partial charge on any atom is -0.383 e. The fourth-order valence-corrected chi connectivity index (χ4v) is 3.76. The number of benzene rings is 1. The Balaban J connectivity index is 1.70. The van der Waals surface area contributed by atoms with Crippen LogP contribution in [0.4, 0.5) is 11.5 Å². The van der Waals surface area contributed by atoms with Crippen LogP contribution in [0.3, 0.4) is 0 Å². The number of H-pyrrole nitrogens is 1. The summed E-state index contributed by atoms with van der Waals surface area (Å²) in [7, 11) is 0. The minimum atomic E-state index is -0.808. The number of aromatic nitrogens is 2. The van der Waals surface area contributed by atoms with E-state index in [1.165, 1.54) is 6.20 Å². The van der Waals surface area contributed by atoms with Crippen LogP contribution in [0.1, 0.15) is 22.3 Å². The highest BCUT2D eigenvalue weighted by Crippen LogP contribution is 2.47. The Labute approximate surface area is 147 Å². The second-order valence-electron chi connectivity index (χ2n) is 6.02. The van der Waals surface area contributed by atoms with Crippen molar-refractivity contribution in [1.82, 2.24) is 15.1 Å². The number of carbonyl (C=O) groups excluding carboxylic acids is 2. The molecule has 2 aliphatic heterocycles. The molecule has 1 fully saturated rings. The van der Waals surface area contributed by atoms with Gasteiger partial charge in [-0.25, -0.2) is 0 Å². The molecule has 0 saturated carbocycles. The number of anilines is 2. The summed E-state index contributed by atoms with van der Waals surface area (Å²) in [5.74, 6) is -0.183. The van der Waals surface area contributed by atoms with Crippen molar-refractivity contribution in [2.24, 2.45) is 0 Å². The van der Waals surface area contributed by atoms with Crippen molar-refractivity contribution in [3.05, 3.63) is 39.5 Å². The molecule has 1 spiro atoms. The molecule has 4 rings (SSSR count). The number of nitrogen functional groups attached to an aromatic ring is 1. The molecule has 9 heteroatoms. The number of hydrogen-bond donors (Lipinski definition) is 3. The molecular weight excluding hydrogens is 353 g/mol. The second-order valence-corrected chi connectivity index (χ2v) is 6.84. The van der Waals surface area contributed by atoms with E-state index in [0.717, 1.165) is 5.56 Å². The molecule has 1 aromatic carbocycles. The molecule has 0 aliphatic carbocycles. The summed E-state index contributed by atoms with van der Waals surface area (Å²) in [6, 6.07) is 3.35. The van der Waals surface area contributed by atoms with Crippen LogP contribution in [0.15, 0.2) is 18.3 Å². The van der Waals surface area contributed by atoms with Gasteiger partial charge in [-0.15, -0.1) is 0 Å². The first-order valence-electron chi connectivity index (χ1n) is 7.31. The van der Waals surface area contributed by atoms with Crippen molar-refractivity contribution in [1.29, 1.82) is 0 Å². The van der Waals surface area contributed by atoms with Crippen LogP contribution in [0.5, 0.6) is 0 Å². The van der Waals surface area contributed by atoms with Gasteiger partial charge in [0.15, 0.2) is 0 Å². The first-order chi connectivity index (χ1) is 11.4. The van der Waals surface area contributed by atoms with E-state index in [4.69, 9.17) is 28.9 Å². The van der Waals surface area contributed by atoms with Crippen LogP contribution in [-0.4, -0.2) is 40.0 Å². The normalized spacial score (nSPS) is 22.1. The number of aromatic amines is 1. The van der Waals surface area contributed by atoms with E-state index < -0.39 is 5.41 Å². The predicted molar refractivity (Wildman–Crippen MR) is 90.3 cm³/mol. The SMILES string of the molecule is Nc1[nH]ncc1C(=O)N1CC[C@]2(C1)C(=O)Nc1cc(Cl)c(Cl)cc12. The molecule has 124 valence electrons. The molecule has 2 amide bonds. The maximum absolute atomic E-state index is 12.6. The summed E-state index contributed by atoms with van der Waals surface area (Å²) in [6.45, 7) is 0.698. The van der Waals surface area contributed by atoms with Crippen LogP contribution in [0, 0.1) is 0 Å². The van der Waals surface area contributed by atoms with Crippen molar-refractivity contribution in [3.63, 3.8) is 0 Å². The number of likely N-dealkylation sites (tertiary alicyclic amines) is 1. The van der Waals surface area contributed by atoms with Gasteiger partial charge < -0.3 is 16.0 Å². The number of nitrogens with one attached hydrogen (secondary N) is 2. The monoisotopic (exact) mass is 365 g/mol. The van der Waals surface area contributed by atoms with Crippen LogP contribution >= 0.6 is 23.2 Å². The van der Waals surface area contributed by atoms with E-state index in [2.05, 4.69) is 15.5 Å². The van der Waals surface area contributed by atoms with Gasteiger partial charge in [-0.3, -0.25) is 14.7 Å². The van der Waals surface area contributed by atoms with Crippen molar-refractivity contribution in [2.45, 2.75) is 11.8 Å². The van der Waals surface area contributed by atoms with Gasteiger partial charge in [-0.05, 0) is 24.1 Å². The summed E-state index contributed by atoms with van der Waals surface area (Å²) >= 11 is 12.1. The van der Waals surface area contributed by atoms with E-state index in [9.17, 15) is 9.59 Å². The van der Waals surface area contributed by atoms with Crippen LogP contribution in [-0.2, 0) is 10.2 Å². The number of nitrogens with zero attached hydrogens (tertiary/aromatic N) is 2. The Kier molecular flexibility index (Phi) is 3.26. The average molecular weight is 366 g/mol. The van der Waals surface area contributed by atoms with Crippen LogP contribution in [0.2, 0.25) is 10.0 Å². The fraction of sp³-hybridized carbons (Fsp3) is 0.267. The van der Waals surface area contributed by atoms with Gasteiger partial charge in [0, 0.05) is 18.8 Å². The van der Waals surface area contributed by atoms with E-state index >= 15 is 0 Å². The molecule has 0 unspecified atom stereocenters. The molecule has 0 bridgehead atoms. The van der Waals surface area contributed by atoms with Crippen molar-refractivity contribution in [3.8, 4) is 0 Å². The van der Waals surface area contributed by atoms with E-state index in [1.807, 2.05) is 0 Å². The smallest absolute Gasteiger partial charge is 0.259 e. The number of nitrogens with two attached hydrogens (primary N) is 1. The van der Waals surface area contributed by atoms with Gasteiger partial charge in [0.25, 0.3) is 5.91 Å². The summed E-state index contributed by atoms with van der Waals surface area (Å²) in [5, 5.41) is 9.91. The summed E-state index contributed by atoms with van der Waals surface area (Å²) in [5.41, 5.74) is 6.64. The van der Waals surface area contributed by atoms with Gasteiger partial charge in [0.2, 0.25) is 5.91 Å². The molecule has 4 N–H and O–H groups in total. The molecule has 2 aliphatic rings. The molecule has 0 radical (unpaired) electrons. The van der Waals surface area contributed by atoms with Gasteiger partial charge in [-0.1, -0.05) is 23.2 Å². The zero-order valence-electron chi connectivity index (χ0n) is 12.4. The van der Waals surface area contributed by atoms with Crippen LogP contribution in [0.25, 0.3) is 0 Å². The summed E-state index contributed by atoms with van der Waals surface area (Å²) in [6.07, 6.45) is 1.90. The highest BCUT2D eigenvalue weighted by Gasteiger charge is 2.52. The topological polar surface area (TPSA) is 104 Å². The van der Waals surface area contributed by atoms with E-state index in [0.29, 0.717) is 34.3 Å². The molecular formula is C15H13Cl2N5O2. The molecule has 7 nitrogen and oxygen atoms in total. The Morgan fingerprint density at radius 2 is 2.08 bits per heavy atom. The number of fused-ring (bicyclic) bond motifs is 2. The molecule has 24 heavy (non-hydrogen) atoms. The quantitative estimate of drug-likeness (QED) is 0.718. The summed E-state index contributed by atoms with van der Waals surface area (Å²) < 4.78 is 0. The maximum atomic E-state index is 12.6. The lowest BCUT2D eigenvalue weighted by Gasteiger charge is -2.22. The third-order valence-electron chi connectivity index (χ3n) is 4.71. The maximum Gasteiger partial charge on any atom is 0.259 e. The van der Waals surface area contributed by atoms with Gasteiger partial charge >= 0.3 is 0 Å². The first kappa shape index (κ1) is 15.3. The van der Waals surface area contributed by atoms with Crippen molar-refractivity contribution >= 4 is 46.5 Å². The zero-order chi connectivity index (χ0) is 17.1. The lowest BCUT2D eigenvalue weighted by molar-refractivity contribution is -0.120. The molecule has 1 atom stereocenters. The number of halogens is 2. The second kappa shape index (κ2) is 5.12. The highest BCUT2D eigenvalue weighted by molar-refractivity contribution is 6.42. The third-order valence-corrected chi connectivity index (χ3v) is 5.44. The Morgan fingerprint density at radius 1 is 1.33 bits per heavy atom. The van der Waals surface area contributed by atoms with Gasteiger partial charge in [0.05, 0.1) is 21.7 Å². The number of rotatable bonds is 1. The predicted octanol–water partition coefficient (Wildman–Crippen LogP) is 2.03. The van der Waals surface area contributed by atoms with Gasteiger partial charge in [0.1, 0.15) is 11.4 Å². The number of carbonyl (C=O) groups is 2. The van der Waals surface area contributed by atoms with Crippen LogP contribution < -0.4 is 11.1 Å². The Morgan fingerprint density at radius 3 is 2.79 bits per heavy atom. The lowest BCUT2D eigenvalue weighted by atomic mass is 9.81. The molecule has 3 heterocycles. The van der Waals surface area contributed by atoms with Gasteiger partial charge in [-0.2, -0.15) is 5.10 Å². The first-order valence-corrected chi connectivity index (χ1v) is 8.07. The van der Waals surface area contributed by atoms with E-state index in [1.54, 1.807) is 17.0 Å². The van der Waals surface area contributed by atoms with E-state index in [-0.39, 0.29) is 24.2 Å². The Bertz CT molecular complexity index is 881. The standard InChI is InChI=1S/C15H13Cl2N5O2/c16-9-3-8-11(4-10(9)17)20-14(24)15(8)1-2-22(6-15)13(23)7-5-19-21-12(7)18/h3-5H,1-2,6H2,(H,20,24)(H3,18,19,21)/t15-/m1/s1. The van der Waals surface area contributed by atoms with Crippen molar-refractivity contribution < 1.29 is 9.59 Å². The summed E-state index contributed by atoms with van der Waals surface area (Å²) in [4.78, 5) is 26.8. The highest BCUT2D eigenvalue weighted by atomic mass is 35.5. The largest absolute Gasteiger partial charge is 0.383 e. The molecule has 1 saturated heterocycles. The minimum absolute atomic E-state index is 0.147. The lowest BCUT2D eigenvalue weighted by Crippen LogP contribution is -2.39. The zero-order valence-corrected chi connectivity index (χ0v) is 13.9. The fourth-order valence-electron chi connectivity index (χ4n) is 3.44. The number of hydrogen-bond acceptors (Lipinski definition) is 4. The molecule has 1 aromatic heterocycles. The molecule has 2 aromatic rings.